The lowest BCUT2D eigenvalue weighted by Gasteiger charge is -2.12. The molecule has 0 aliphatic carbocycles. The molecule has 0 aliphatic rings. The number of ether oxygens (including phenoxy) is 1. The van der Waals surface area contributed by atoms with Crippen molar-refractivity contribution in [3.8, 4) is 5.75 Å². The highest BCUT2D eigenvalue weighted by atomic mass is 19.1. The zero-order chi connectivity index (χ0) is 14.1. The molecule has 0 saturated carbocycles. The van der Waals surface area contributed by atoms with E-state index in [0.29, 0.717) is 18.7 Å². The highest BCUT2D eigenvalue weighted by Gasteiger charge is 2.11. The molecule has 19 heavy (non-hydrogen) atoms. The molecule has 0 bridgehead atoms. The highest BCUT2D eigenvalue weighted by Crippen LogP contribution is 2.22. The molecule has 0 aliphatic heterocycles. The van der Waals surface area contributed by atoms with Gasteiger partial charge in [0.1, 0.15) is 0 Å². The maximum atomic E-state index is 13.7. The Kier molecular flexibility index (Phi) is 6.89. The number of para-hydroxylation sites is 1. The molecule has 1 aromatic carbocycles. The van der Waals surface area contributed by atoms with Crippen LogP contribution >= 0.6 is 0 Å². The Hall–Kier alpha value is -1.62. The Labute approximate surface area is 113 Å². The summed E-state index contributed by atoms with van der Waals surface area (Å²) in [4.78, 5) is 11.4. The first-order chi connectivity index (χ1) is 9.19. The molecule has 0 fully saturated rings. The van der Waals surface area contributed by atoms with Crippen molar-refractivity contribution in [1.29, 1.82) is 0 Å². The smallest absolute Gasteiger partial charge is 0.257 e. The van der Waals surface area contributed by atoms with Gasteiger partial charge in [-0.05, 0) is 19.0 Å². The molecule has 1 amide bonds. The van der Waals surface area contributed by atoms with Crippen LogP contribution in [0.25, 0.3) is 0 Å². The summed E-state index contributed by atoms with van der Waals surface area (Å²) in [7, 11) is 0. The van der Waals surface area contributed by atoms with Gasteiger partial charge in [-0.2, -0.15) is 0 Å². The van der Waals surface area contributed by atoms with Crippen molar-refractivity contribution < 1.29 is 13.9 Å². The molecule has 0 saturated heterocycles. The summed E-state index contributed by atoms with van der Waals surface area (Å²) in [5.74, 6) is -0.534. The van der Waals surface area contributed by atoms with E-state index in [-0.39, 0.29) is 18.3 Å². The van der Waals surface area contributed by atoms with E-state index < -0.39 is 5.82 Å². The zero-order valence-corrected chi connectivity index (χ0v) is 11.5. The van der Waals surface area contributed by atoms with Crippen molar-refractivity contribution in [2.45, 2.75) is 26.8 Å². The predicted molar refractivity (Wildman–Crippen MR) is 72.6 cm³/mol. The van der Waals surface area contributed by atoms with Gasteiger partial charge in [0.25, 0.3) is 5.91 Å². The van der Waals surface area contributed by atoms with Crippen molar-refractivity contribution >= 4 is 5.91 Å². The first kappa shape index (κ1) is 15.4. The molecular formula is C14H21FN2O2. The van der Waals surface area contributed by atoms with Gasteiger partial charge in [0.15, 0.2) is 18.2 Å². The third-order valence-electron chi connectivity index (χ3n) is 2.53. The van der Waals surface area contributed by atoms with E-state index in [4.69, 9.17) is 4.74 Å². The average Bonchev–Trinajstić information content (AvgIpc) is 2.41. The zero-order valence-electron chi connectivity index (χ0n) is 11.5. The number of benzene rings is 1. The predicted octanol–water partition coefficient (Wildman–Crippen LogP) is 1.84. The second-order valence-electron chi connectivity index (χ2n) is 4.15. The lowest BCUT2D eigenvalue weighted by atomic mass is 10.2. The minimum absolute atomic E-state index is 0.148. The molecule has 0 atom stereocenters. The van der Waals surface area contributed by atoms with Gasteiger partial charge in [0.2, 0.25) is 0 Å². The van der Waals surface area contributed by atoms with Crippen molar-refractivity contribution in [2.24, 2.45) is 0 Å². The van der Waals surface area contributed by atoms with Gasteiger partial charge in [-0.1, -0.05) is 26.0 Å². The molecule has 5 heteroatoms. The van der Waals surface area contributed by atoms with E-state index in [1.165, 1.54) is 6.07 Å². The molecular weight excluding hydrogens is 247 g/mol. The Morgan fingerprint density at radius 1 is 1.37 bits per heavy atom. The summed E-state index contributed by atoms with van der Waals surface area (Å²) in [5.41, 5.74) is 0.713. The summed E-state index contributed by atoms with van der Waals surface area (Å²) in [6, 6.07) is 4.74. The second-order valence-corrected chi connectivity index (χ2v) is 4.15. The maximum Gasteiger partial charge on any atom is 0.257 e. The molecule has 0 radical (unpaired) electrons. The fraction of sp³-hybridized carbons (Fsp3) is 0.500. The van der Waals surface area contributed by atoms with Crippen molar-refractivity contribution in [1.82, 2.24) is 10.6 Å². The molecule has 1 aromatic rings. The van der Waals surface area contributed by atoms with E-state index in [0.717, 1.165) is 13.0 Å². The summed E-state index contributed by atoms with van der Waals surface area (Å²) in [5, 5.41) is 5.79. The molecule has 4 nitrogen and oxygen atoms in total. The second kappa shape index (κ2) is 8.48. The number of nitrogens with one attached hydrogen (secondary N) is 2. The van der Waals surface area contributed by atoms with Gasteiger partial charge in [-0.15, -0.1) is 0 Å². The first-order valence-corrected chi connectivity index (χ1v) is 6.56. The molecule has 0 heterocycles. The van der Waals surface area contributed by atoms with Crippen LogP contribution in [-0.2, 0) is 11.3 Å². The van der Waals surface area contributed by atoms with E-state index >= 15 is 0 Å². The molecule has 2 N–H and O–H groups in total. The van der Waals surface area contributed by atoms with Crippen molar-refractivity contribution in [3.05, 3.63) is 29.6 Å². The van der Waals surface area contributed by atoms with Crippen LogP contribution in [-0.4, -0.2) is 25.6 Å². The van der Waals surface area contributed by atoms with Crippen LogP contribution in [0.1, 0.15) is 25.8 Å². The Morgan fingerprint density at radius 2 is 2.16 bits per heavy atom. The standard InChI is InChI=1S/C14H21FN2O2/c1-3-8-17-13(18)10-19-14-11(9-16-4-2)6-5-7-12(14)15/h5-7,16H,3-4,8-10H2,1-2H3,(H,17,18). The molecule has 1 rings (SSSR count). The van der Waals surface area contributed by atoms with Crippen LogP contribution in [0.4, 0.5) is 4.39 Å². The molecule has 0 spiro atoms. The molecule has 106 valence electrons. The SMILES string of the molecule is CCCNC(=O)COc1c(F)cccc1CNCC. The van der Waals surface area contributed by atoms with E-state index in [1.807, 2.05) is 13.8 Å². The first-order valence-electron chi connectivity index (χ1n) is 6.56. The molecule has 0 aromatic heterocycles. The van der Waals surface area contributed by atoms with Gasteiger partial charge >= 0.3 is 0 Å². The van der Waals surface area contributed by atoms with Crippen LogP contribution in [0.3, 0.4) is 0 Å². The van der Waals surface area contributed by atoms with Crippen LogP contribution < -0.4 is 15.4 Å². The number of hydrogen-bond acceptors (Lipinski definition) is 3. The summed E-state index contributed by atoms with van der Waals surface area (Å²) in [6.45, 7) is 5.67. The number of carbonyl (C=O) groups excluding carboxylic acids is 1. The van der Waals surface area contributed by atoms with Gasteiger partial charge in [0, 0.05) is 18.7 Å². The fourth-order valence-electron chi connectivity index (χ4n) is 1.57. The third kappa shape index (κ3) is 5.26. The van der Waals surface area contributed by atoms with Crippen molar-refractivity contribution in [3.63, 3.8) is 0 Å². The largest absolute Gasteiger partial charge is 0.480 e. The van der Waals surface area contributed by atoms with Crippen LogP contribution in [0.2, 0.25) is 0 Å². The van der Waals surface area contributed by atoms with E-state index in [2.05, 4.69) is 10.6 Å². The number of carbonyl (C=O) groups is 1. The average molecular weight is 268 g/mol. The van der Waals surface area contributed by atoms with Gasteiger partial charge in [-0.25, -0.2) is 4.39 Å². The van der Waals surface area contributed by atoms with Crippen LogP contribution in [0.15, 0.2) is 18.2 Å². The Bertz CT molecular complexity index is 410. The Morgan fingerprint density at radius 3 is 2.84 bits per heavy atom. The lowest BCUT2D eigenvalue weighted by Crippen LogP contribution is -2.29. The quantitative estimate of drug-likeness (QED) is 0.756. The third-order valence-corrected chi connectivity index (χ3v) is 2.53. The van der Waals surface area contributed by atoms with Gasteiger partial charge in [-0.3, -0.25) is 4.79 Å². The summed E-state index contributed by atoms with van der Waals surface area (Å²) in [6.07, 6.45) is 0.858. The number of halogens is 1. The number of hydrogen-bond donors (Lipinski definition) is 2. The monoisotopic (exact) mass is 268 g/mol. The van der Waals surface area contributed by atoms with Crippen molar-refractivity contribution in [2.75, 3.05) is 19.7 Å². The minimum Gasteiger partial charge on any atom is -0.480 e. The summed E-state index contributed by atoms with van der Waals surface area (Å²) >= 11 is 0. The number of amides is 1. The Balaban J connectivity index is 2.62. The molecule has 0 unspecified atom stereocenters. The minimum atomic E-state index is -0.446. The topological polar surface area (TPSA) is 50.4 Å². The summed E-state index contributed by atoms with van der Waals surface area (Å²) < 4.78 is 19.0. The van der Waals surface area contributed by atoms with E-state index in [9.17, 15) is 9.18 Å². The maximum absolute atomic E-state index is 13.7. The van der Waals surface area contributed by atoms with Gasteiger partial charge in [0.05, 0.1) is 0 Å². The van der Waals surface area contributed by atoms with Crippen LogP contribution in [0.5, 0.6) is 5.75 Å². The van der Waals surface area contributed by atoms with Crippen LogP contribution in [0, 0.1) is 5.82 Å². The lowest BCUT2D eigenvalue weighted by molar-refractivity contribution is -0.123. The normalized spacial score (nSPS) is 10.3. The van der Waals surface area contributed by atoms with Gasteiger partial charge < -0.3 is 15.4 Å². The number of rotatable bonds is 8. The highest BCUT2D eigenvalue weighted by molar-refractivity contribution is 5.77. The van der Waals surface area contributed by atoms with E-state index in [1.54, 1.807) is 12.1 Å². The fourth-order valence-corrected chi connectivity index (χ4v) is 1.57.